The van der Waals surface area contributed by atoms with Crippen molar-refractivity contribution in [2.24, 2.45) is 5.73 Å². The van der Waals surface area contributed by atoms with E-state index >= 15 is 0 Å². The summed E-state index contributed by atoms with van der Waals surface area (Å²) in [7, 11) is -1.98. The molecule has 0 spiro atoms. The molecule has 2 aromatic rings. The minimum atomic E-state index is -3.55. The van der Waals surface area contributed by atoms with Gasteiger partial charge >= 0.3 is 0 Å². The van der Waals surface area contributed by atoms with Gasteiger partial charge < -0.3 is 10.3 Å². The number of hydrogen-bond acceptors (Lipinski definition) is 3. The molecule has 0 saturated heterocycles. The third kappa shape index (κ3) is 2.56. The van der Waals surface area contributed by atoms with Gasteiger partial charge in [-0.1, -0.05) is 18.2 Å². The van der Waals surface area contributed by atoms with E-state index in [2.05, 4.69) is 0 Å². The van der Waals surface area contributed by atoms with E-state index < -0.39 is 10.0 Å². The monoisotopic (exact) mass is 305 g/mol. The fourth-order valence-electron chi connectivity index (χ4n) is 2.43. The molecule has 1 aliphatic carbocycles. The molecule has 6 heteroatoms. The van der Waals surface area contributed by atoms with E-state index in [1.807, 2.05) is 22.8 Å². The molecular weight excluding hydrogens is 286 g/mol. The van der Waals surface area contributed by atoms with Crippen molar-refractivity contribution < 1.29 is 8.42 Å². The highest BCUT2D eigenvalue weighted by atomic mass is 32.2. The number of nitrogens with zero attached hydrogens (tertiary/aromatic N) is 2. The Bertz CT molecular complexity index is 734. The first kappa shape index (κ1) is 14.2. The maximum Gasteiger partial charge on any atom is 0.265 e. The summed E-state index contributed by atoms with van der Waals surface area (Å²) in [5.74, 6) is 0. The smallest absolute Gasteiger partial charge is 0.265 e. The molecule has 1 aromatic heterocycles. The predicted molar refractivity (Wildman–Crippen MR) is 82.6 cm³/mol. The first-order valence-corrected chi connectivity index (χ1v) is 8.43. The quantitative estimate of drug-likeness (QED) is 0.920. The lowest BCUT2D eigenvalue weighted by Crippen LogP contribution is -2.26. The van der Waals surface area contributed by atoms with Crippen LogP contribution in [0.4, 0.5) is 5.69 Å². The van der Waals surface area contributed by atoms with Crippen molar-refractivity contribution in [1.82, 2.24) is 4.57 Å². The van der Waals surface area contributed by atoms with Gasteiger partial charge in [0.25, 0.3) is 10.0 Å². The summed E-state index contributed by atoms with van der Waals surface area (Å²) in [6, 6.07) is 11.2. The van der Waals surface area contributed by atoms with Gasteiger partial charge in [-0.3, -0.25) is 4.31 Å². The minimum absolute atomic E-state index is 0.307. The molecule has 5 nitrogen and oxygen atoms in total. The van der Waals surface area contributed by atoms with Gasteiger partial charge in [-0.05, 0) is 31.0 Å². The molecule has 2 N–H and O–H groups in total. The van der Waals surface area contributed by atoms with Crippen molar-refractivity contribution in [3.8, 4) is 0 Å². The Morgan fingerprint density at radius 1 is 1.29 bits per heavy atom. The summed E-state index contributed by atoms with van der Waals surface area (Å²) in [6.07, 6.45) is 3.90. The van der Waals surface area contributed by atoms with Crippen molar-refractivity contribution in [3.05, 3.63) is 48.3 Å². The van der Waals surface area contributed by atoms with Crippen LogP contribution in [0.2, 0.25) is 0 Å². The average molecular weight is 305 g/mol. The van der Waals surface area contributed by atoms with Gasteiger partial charge in [0, 0.05) is 31.5 Å². The molecule has 1 heterocycles. The lowest BCUT2D eigenvalue weighted by atomic mass is 10.3. The first-order valence-electron chi connectivity index (χ1n) is 6.99. The Labute approximate surface area is 125 Å². The van der Waals surface area contributed by atoms with E-state index in [1.54, 1.807) is 31.4 Å². The van der Waals surface area contributed by atoms with Crippen LogP contribution in [0, 0.1) is 0 Å². The number of hydrogen-bond donors (Lipinski definition) is 1. The Morgan fingerprint density at radius 3 is 2.52 bits per heavy atom. The van der Waals surface area contributed by atoms with Crippen molar-refractivity contribution >= 4 is 15.7 Å². The van der Waals surface area contributed by atoms with Gasteiger partial charge in [0.05, 0.1) is 5.69 Å². The van der Waals surface area contributed by atoms with E-state index in [1.165, 1.54) is 4.31 Å². The minimum Gasteiger partial charge on any atom is -0.346 e. The molecule has 1 aromatic carbocycles. The highest BCUT2D eigenvalue weighted by molar-refractivity contribution is 7.92. The molecule has 21 heavy (non-hydrogen) atoms. The summed E-state index contributed by atoms with van der Waals surface area (Å²) in [5.41, 5.74) is 7.25. The normalized spacial score (nSPS) is 15.1. The van der Waals surface area contributed by atoms with Crippen LogP contribution in [0.1, 0.15) is 24.6 Å². The fraction of sp³-hybridized carbons (Fsp3) is 0.333. The molecule has 0 atom stereocenters. The second-order valence-electron chi connectivity index (χ2n) is 5.32. The molecule has 1 fully saturated rings. The van der Waals surface area contributed by atoms with Crippen molar-refractivity contribution in [2.45, 2.75) is 30.3 Å². The maximum absolute atomic E-state index is 12.7. The van der Waals surface area contributed by atoms with Crippen molar-refractivity contribution in [2.75, 3.05) is 11.4 Å². The zero-order chi connectivity index (χ0) is 15.0. The van der Waals surface area contributed by atoms with Gasteiger partial charge in [-0.15, -0.1) is 0 Å². The van der Waals surface area contributed by atoms with Crippen LogP contribution in [0.3, 0.4) is 0 Å². The van der Waals surface area contributed by atoms with Crippen LogP contribution in [0.15, 0.2) is 47.5 Å². The molecule has 0 radical (unpaired) electrons. The SMILES string of the molecule is CN(c1ccccc1)S(=O)(=O)c1cc(CN)n(C2CC2)c1. The molecule has 0 aliphatic heterocycles. The third-order valence-electron chi connectivity index (χ3n) is 3.83. The first-order chi connectivity index (χ1) is 10.0. The second kappa shape index (κ2) is 5.20. The number of benzene rings is 1. The molecule has 3 rings (SSSR count). The van der Waals surface area contributed by atoms with Gasteiger partial charge in [0.1, 0.15) is 4.90 Å². The highest BCUT2D eigenvalue weighted by Gasteiger charge is 2.29. The lowest BCUT2D eigenvalue weighted by molar-refractivity contribution is 0.594. The Balaban J connectivity index is 1.98. The fourth-order valence-corrected chi connectivity index (χ4v) is 3.68. The molecule has 112 valence electrons. The van der Waals surface area contributed by atoms with Crippen molar-refractivity contribution in [1.29, 1.82) is 0 Å². The predicted octanol–water partition coefficient (Wildman–Crippen LogP) is 2.11. The molecule has 0 unspecified atom stereocenters. The molecular formula is C15H19N3O2S. The second-order valence-corrected chi connectivity index (χ2v) is 7.29. The zero-order valence-electron chi connectivity index (χ0n) is 11.9. The zero-order valence-corrected chi connectivity index (χ0v) is 12.8. The third-order valence-corrected chi connectivity index (χ3v) is 5.59. The van der Waals surface area contributed by atoms with Crippen LogP contribution in [0.5, 0.6) is 0 Å². The number of aromatic nitrogens is 1. The molecule has 0 amide bonds. The number of sulfonamides is 1. The van der Waals surface area contributed by atoms with Crippen LogP contribution in [0.25, 0.3) is 0 Å². The summed E-state index contributed by atoms with van der Waals surface area (Å²) < 4.78 is 28.8. The number of rotatable bonds is 5. The summed E-state index contributed by atoms with van der Waals surface area (Å²) in [6.45, 7) is 0.348. The van der Waals surface area contributed by atoms with Crippen molar-refractivity contribution in [3.63, 3.8) is 0 Å². The number of anilines is 1. The Hall–Kier alpha value is -1.79. The molecule has 1 aliphatic rings. The number of nitrogens with two attached hydrogens (primary N) is 1. The Morgan fingerprint density at radius 2 is 1.95 bits per heavy atom. The van der Waals surface area contributed by atoms with E-state index in [0.29, 0.717) is 23.2 Å². The standard InChI is InChI=1S/C15H19N3O2S/c1-17(12-5-3-2-4-6-12)21(19,20)15-9-14(10-16)18(11-15)13-7-8-13/h2-6,9,11,13H,7-8,10,16H2,1H3. The summed E-state index contributed by atoms with van der Waals surface area (Å²) in [5, 5.41) is 0. The van der Waals surface area contributed by atoms with Crippen LogP contribution < -0.4 is 10.0 Å². The summed E-state index contributed by atoms with van der Waals surface area (Å²) >= 11 is 0. The van der Waals surface area contributed by atoms with Gasteiger partial charge in [-0.25, -0.2) is 8.42 Å². The molecule has 1 saturated carbocycles. The van der Waals surface area contributed by atoms with Gasteiger partial charge in [0.15, 0.2) is 0 Å². The lowest BCUT2D eigenvalue weighted by Gasteiger charge is -2.18. The number of para-hydroxylation sites is 1. The highest BCUT2D eigenvalue weighted by Crippen LogP contribution is 2.37. The topological polar surface area (TPSA) is 68.3 Å². The van der Waals surface area contributed by atoms with Crippen LogP contribution >= 0.6 is 0 Å². The van der Waals surface area contributed by atoms with E-state index in [4.69, 9.17) is 5.73 Å². The van der Waals surface area contributed by atoms with E-state index in [-0.39, 0.29) is 0 Å². The van der Waals surface area contributed by atoms with Gasteiger partial charge in [0.2, 0.25) is 0 Å². The summed E-state index contributed by atoms with van der Waals surface area (Å²) in [4.78, 5) is 0.307. The van der Waals surface area contributed by atoms with Crippen LogP contribution in [-0.4, -0.2) is 20.0 Å². The maximum atomic E-state index is 12.7. The Kier molecular flexibility index (Phi) is 3.51. The largest absolute Gasteiger partial charge is 0.346 e. The van der Waals surface area contributed by atoms with Gasteiger partial charge in [-0.2, -0.15) is 0 Å². The average Bonchev–Trinajstić information content (AvgIpc) is 3.25. The van der Waals surface area contributed by atoms with E-state index in [9.17, 15) is 8.42 Å². The molecule has 0 bridgehead atoms. The van der Waals surface area contributed by atoms with E-state index in [0.717, 1.165) is 18.5 Å². The van der Waals surface area contributed by atoms with Crippen LogP contribution in [-0.2, 0) is 16.6 Å².